The van der Waals surface area contributed by atoms with Crippen molar-refractivity contribution in [2.75, 3.05) is 7.11 Å². The van der Waals surface area contributed by atoms with Crippen LogP contribution in [0.3, 0.4) is 0 Å². The van der Waals surface area contributed by atoms with Crippen LogP contribution in [0.5, 0.6) is 11.5 Å². The predicted molar refractivity (Wildman–Crippen MR) is 113 cm³/mol. The number of carbonyl (C=O) groups excluding carboxylic acids is 1. The molecule has 2 N–H and O–H groups in total. The van der Waals surface area contributed by atoms with E-state index in [0.29, 0.717) is 22.4 Å². The molecule has 7 heteroatoms. The van der Waals surface area contributed by atoms with Gasteiger partial charge in [-0.3, -0.25) is 9.78 Å². The Hall–Kier alpha value is -3.45. The minimum absolute atomic E-state index is 0.125. The van der Waals surface area contributed by atoms with Crippen LogP contribution >= 0.6 is 0 Å². The van der Waals surface area contributed by atoms with Gasteiger partial charge in [0.25, 0.3) is 5.91 Å². The van der Waals surface area contributed by atoms with Crippen LogP contribution in [-0.2, 0) is 13.2 Å². The lowest BCUT2D eigenvalue weighted by atomic mass is 9.99. The van der Waals surface area contributed by atoms with Crippen molar-refractivity contribution in [3.8, 4) is 22.6 Å². The molecular weight excluding hydrogens is 399 g/mol. The molecule has 0 radical (unpaired) electrons. The van der Waals surface area contributed by atoms with Crippen molar-refractivity contribution in [3.05, 3.63) is 77.4 Å². The molecule has 1 aliphatic rings. The van der Waals surface area contributed by atoms with Crippen LogP contribution in [0.2, 0.25) is 0 Å². The standard InChI is InChI=1S/C24H23FN2O4/c1-30-23-6-2-15(10-21(23)25)12-27-24(29)19-11-16(3-7-22(19)31-18-4-5-18)20-13-26-9-8-17(20)14-28/h2-3,6-11,13,18,28H,4-5,12,14H2,1H3,(H,27,29). The van der Waals surface area contributed by atoms with Gasteiger partial charge in [-0.1, -0.05) is 12.1 Å². The molecule has 3 aromatic rings. The molecule has 1 fully saturated rings. The fraction of sp³-hybridized carbons (Fsp3) is 0.250. The molecule has 4 rings (SSSR count). The highest BCUT2D eigenvalue weighted by atomic mass is 19.1. The van der Waals surface area contributed by atoms with E-state index in [1.165, 1.54) is 19.2 Å². The minimum Gasteiger partial charge on any atom is -0.494 e. The summed E-state index contributed by atoms with van der Waals surface area (Å²) in [6.45, 7) is 0.0182. The number of aromatic nitrogens is 1. The first-order chi connectivity index (χ1) is 15.1. The molecule has 0 aliphatic heterocycles. The van der Waals surface area contributed by atoms with Gasteiger partial charge >= 0.3 is 0 Å². The summed E-state index contributed by atoms with van der Waals surface area (Å²) < 4.78 is 24.8. The Morgan fingerprint density at radius 2 is 2.00 bits per heavy atom. The van der Waals surface area contributed by atoms with E-state index in [1.807, 2.05) is 6.07 Å². The number of ether oxygens (including phenoxy) is 2. The predicted octanol–water partition coefficient (Wildman–Crippen LogP) is 3.86. The van der Waals surface area contributed by atoms with E-state index in [1.54, 1.807) is 36.7 Å². The highest BCUT2D eigenvalue weighted by molar-refractivity contribution is 5.98. The van der Waals surface area contributed by atoms with Crippen molar-refractivity contribution in [2.45, 2.75) is 32.1 Å². The molecule has 0 atom stereocenters. The van der Waals surface area contributed by atoms with E-state index >= 15 is 0 Å². The number of benzene rings is 2. The number of aliphatic hydroxyl groups excluding tert-OH is 1. The van der Waals surface area contributed by atoms with Crippen molar-refractivity contribution in [2.24, 2.45) is 0 Å². The van der Waals surface area contributed by atoms with Gasteiger partial charge in [-0.15, -0.1) is 0 Å². The smallest absolute Gasteiger partial charge is 0.255 e. The van der Waals surface area contributed by atoms with Crippen molar-refractivity contribution in [1.82, 2.24) is 10.3 Å². The topological polar surface area (TPSA) is 80.7 Å². The molecule has 1 amide bonds. The number of aliphatic hydroxyl groups is 1. The molecule has 1 aliphatic carbocycles. The van der Waals surface area contributed by atoms with E-state index in [9.17, 15) is 14.3 Å². The van der Waals surface area contributed by atoms with Gasteiger partial charge < -0.3 is 19.9 Å². The maximum atomic E-state index is 13.9. The van der Waals surface area contributed by atoms with E-state index in [4.69, 9.17) is 9.47 Å². The number of methoxy groups -OCH3 is 1. The second-order valence-electron chi connectivity index (χ2n) is 7.37. The summed E-state index contributed by atoms with van der Waals surface area (Å²) in [5.41, 5.74) is 3.20. The third kappa shape index (κ3) is 4.83. The lowest BCUT2D eigenvalue weighted by Gasteiger charge is -2.14. The number of nitrogens with zero attached hydrogens (tertiary/aromatic N) is 1. The van der Waals surface area contributed by atoms with Crippen molar-refractivity contribution >= 4 is 5.91 Å². The van der Waals surface area contributed by atoms with E-state index in [2.05, 4.69) is 10.3 Å². The van der Waals surface area contributed by atoms with Crippen LogP contribution in [0.4, 0.5) is 4.39 Å². The lowest BCUT2D eigenvalue weighted by molar-refractivity contribution is 0.0946. The van der Waals surface area contributed by atoms with Crippen LogP contribution in [0.25, 0.3) is 11.1 Å². The Morgan fingerprint density at radius 1 is 1.19 bits per heavy atom. The van der Waals surface area contributed by atoms with Crippen LogP contribution in [0.15, 0.2) is 54.9 Å². The molecule has 0 saturated heterocycles. The fourth-order valence-electron chi connectivity index (χ4n) is 3.26. The molecule has 6 nitrogen and oxygen atoms in total. The van der Waals surface area contributed by atoms with Gasteiger partial charge in [-0.05, 0) is 59.9 Å². The van der Waals surface area contributed by atoms with Gasteiger partial charge in [0.15, 0.2) is 11.6 Å². The summed E-state index contributed by atoms with van der Waals surface area (Å²) >= 11 is 0. The largest absolute Gasteiger partial charge is 0.494 e. The Morgan fingerprint density at radius 3 is 2.71 bits per heavy atom. The Kier molecular flexibility index (Phi) is 6.13. The quantitative estimate of drug-likeness (QED) is 0.576. The maximum Gasteiger partial charge on any atom is 0.255 e. The highest BCUT2D eigenvalue weighted by Gasteiger charge is 2.26. The number of rotatable bonds is 8. The summed E-state index contributed by atoms with van der Waals surface area (Å²) in [4.78, 5) is 17.1. The zero-order chi connectivity index (χ0) is 21.8. The van der Waals surface area contributed by atoms with Crippen molar-refractivity contribution in [1.29, 1.82) is 0 Å². The fourth-order valence-corrected chi connectivity index (χ4v) is 3.26. The van der Waals surface area contributed by atoms with Crippen molar-refractivity contribution in [3.63, 3.8) is 0 Å². The number of amides is 1. The molecular formula is C24H23FN2O4. The zero-order valence-electron chi connectivity index (χ0n) is 17.1. The molecule has 160 valence electrons. The molecule has 0 bridgehead atoms. The maximum absolute atomic E-state index is 13.9. The first-order valence-corrected chi connectivity index (χ1v) is 10.0. The number of hydrogen-bond donors (Lipinski definition) is 2. The van der Waals surface area contributed by atoms with Gasteiger partial charge in [0.1, 0.15) is 5.75 Å². The first kappa shape index (κ1) is 20.8. The number of nitrogens with one attached hydrogen (secondary N) is 1. The number of pyridine rings is 1. The first-order valence-electron chi connectivity index (χ1n) is 10.0. The normalized spacial score (nSPS) is 13.0. The van der Waals surface area contributed by atoms with Crippen LogP contribution in [0.1, 0.15) is 34.3 Å². The van der Waals surface area contributed by atoms with Crippen LogP contribution < -0.4 is 14.8 Å². The molecule has 1 aromatic heterocycles. The molecule has 2 aromatic carbocycles. The third-order valence-corrected chi connectivity index (χ3v) is 5.10. The summed E-state index contributed by atoms with van der Waals surface area (Å²) in [5.74, 6) is -0.163. The molecule has 31 heavy (non-hydrogen) atoms. The Bertz CT molecular complexity index is 1100. The number of carbonyl (C=O) groups is 1. The van der Waals surface area contributed by atoms with Gasteiger partial charge in [0.05, 0.1) is 25.4 Å². The highest BCUT2D eigenvalue weighted by Crippen LogP contribution is 2.33. The summed E-state index contributed by atoms with van der Waals surface area (Å²) in [7, 11) is 1.40. The lowest BCUT2D eigenvalue weighted by Crippen LogP contribution is -2.24. The number of hydrogen-bond acceptors (Lipinski definition) is 5. The van der Waals surface area contributed by atoms with Gasteiger partial charge in [0, 0.05) is 24.5 Å². The summed E-state index contributed by atoms with van der Waals surface area (Å²) in [5, 5.41) is 12.5. The Balaban J connectivity index is 1.59. The molecule has 1 saturated carbocycles. The van der Waals surface area contributed by atoms with Crippen LogP contribution in [-0.4, -0.2) is 29.2 Å². The minimum atomic E-state index is -0.484. The molecule has 0 unspecified atom stereocenters. The number of halogens is 1. The van der Waals surface area contributed by atoms with Gasteiger partial charge in [-0.2, -0.15) is 0 Å². The summed E-state index contributed by atoms with van der Waals surface area (Å²) in [6, 6.07) is 11.6. The van der Waals surface area contributed by atoms with E-state index in [0.717, 1.165) is 24.0 Å². The average Bonchev–Trinajstić information content (AvgIpc) is 3.62. The Labute approximate surface area is 179 Å². The van der Waals surface area contributed by atoms with Gasteiger partial charge in [-0.25, -0.2) is 4.39 Å². The molecule has 1 heterocycles. The second kappa shape index (κ2) is 9.14. The monoisotopic (exact) mass is 422 g/mol. The third-order valence-electron chi connectivity index (χ3n) is 5.10. The van der Waals surface area contributed by atoms with Crippen LogP contribution in [0, 0.1) is 5.82 Å². The average molecular weight is 422 g/mol. The summed E-state index contributed by atoms with van der Waals surface area (Å²) in [6.07, 6.45) is 5.32. The molecule has 0 spiro atoms. The van der Waals surface area contributed by atoms with E-state index in [-0.39, 0.29) is 30.9 Å². The zero-order valence-corrected chi connectivity index (χ0v) is 17.1. The van der Waals surface area contributed by atoms with Crippen molar-refractivity contribution < 1.29 is 23.8 Å². The van der Waals surface area contributed by atoms with E-state index < -0.39 is 5.82 Å². The second-order valence-corrected chi connectivity index (χ2v) is 7.37. The SMILES string of the molecule is COc1ccc(CNC(=O)c2cc(-c3cnccc3CO)ccc2OC2CC2)cc1F. The van der Waals surface area contributed by atoms with Gasteiger partial charge in [0.2, 0.25) is 0 Å².